The van der Waals surface area contributed by atoms with Crippen molar-refractivity contribution in [2.24, 2.45) is 5.92 Å². The molecule has 1 atom stereocenters. The molecule has 0 aliphatic rings. The van der Waals surface area contributed by atoms with Gasteiger partial charge in [0, 0.05) is 5.56 Å². The monoisotopic (exact) mass is 208 g/mol. The molecule has 1 N–H and O–H groups in total. The number of benzene rings is 1. The Morgan fingerprint density at radius 2 is 1.93 bits per heavy atom. The summed E-state index contributed by atoms with van der Waals surface area (Å²) in [6, 6.07) is 7.70. The van der Waals surface area contributed by atoms with E-state index in [9.17, 15) is 5.11 Å². The van der Waals surface area contributed by atoms with E-state index in [2.05, 4.69) is 6.92 Å². The van der Waals surface area contributed by atoms with Gasteiger partial charge in [0.05, 0.1) is 12.7 Å². The standard InChI is InChI=1S/C13H20O2/c1-4-9-15-12-8-6-5-7-11(12)13(14)10(2)3/h5-8,10,13-14H,4,9H2,1-3H3. The summed E-state index contributed by atoms with van der Waals surface area (Å²) < 4.78 is 5.60. The lowest BCUT2D eigenvalue weighted by atomic mass is 9.98. The second kappa shape index (κ2) is 5.76. The van der Waals surface area contributed by atoms with Crippen molar-refractivity contribution in [1.29, 1.82) is 0 Å². The lowest BCUT2D eigenvalue weighted by Crippen LogP contribution is -2.08. The van der Waals surface area contributed by atoms with Crippen molar-refractivity contribution in [3.8, 4) is 5.75 Å². The molecule has 1 rings (SSSR count). The molecule has 0 saturated carbocycles. The van der Waals surface area contributed by atoms with Crippen LogP contribution in [0.5, 0.6) is 5.75 Å². The molecule has 2 nitrogen and oxygen atoms in total. The fourth-order valence-electron chi connectivity index (χ4n) is 1.43. The van der Waals surface area contributed by atoms with Crippen LogP contribution in [0.4, 0.5) is 0 Å². The average molecular weight is 208 g/mol. The van der Waals surface area contributed by atoms with Crippen LogP contribution in [-0.2, 0) is 0 Å². The van der Waals surface area contributed by atoms with E-state index in [1.807, 2.05) is 38.1 Å². The lowest BCUT2D eigenvalue weighted by molar-refractivity contribution is 0.122. The first-order valence-corrected chi connectivity index (χ1v) is 5.56. The van der Waals surface area contributed by atoms with E-state index >= 15 is 0 Å². The van der Waals surface area contributed by atoms with Crippen LogP contribution in [0.15, 0.2) is 24.3 Å². The van der Waals surface area contributed by atoms with Gasteiger partial charge < -0.3 is 9.84 Å². The molecule has 0 spiro atoms. The van der Waals surface area contributed by atoms with Crippen molar-refractivity contribution < 1.29 is 9.84 Å². The third-order valence-electron chi connectivity index (χ3n) is 2.33. The highest BCUT2D eigenvalue weighted by molar-refractivity contribution is 5.35. The van der Waals surface area contributed by atoms with E-state index in [0.717, 1.165) is 17.7 Å². The van der Waals surface area contributed by atoms with Crippen LogP contribution in [-0.4, -0.2) is 11.7 Å². The van der Waals surface area contributed by atoms with Crippen LogP contribution in [0.2, 0.25) is 0 Å². The topological polar surface area (TPSA) is 29.5 Å². The molecule has 0 aliphatic heterocycles. The Bertz CT molecular complexity index is 294. The van der Waals surface area contributed by atoms with Crippen molar-refractivity contribution >= 4 is 0 Å². The smallest absolute Gasteiger partial charge is 0.125 e. The Balaban J connectivity index is 2.85. The highest BCUT2D eigenvalue weighted by Gasteiger charge is 2.16. The second-order valence-electron chi connectivity index (χ2n) is 4.08. The van der Waals surface area contributed by atoms with Crippen LogP contribution in [0, 0.1) is 5.92 Å². The van der Waals surface area contributed by atoms with Crippen LogP contribution >= 0.6 is 0 Å². The fourth-order valence-corrected chi connectivity index (χ4v) is 1.43. The van der Waals surface area contributed by atoms with Crippen LogP contribution in [0.1, 0.15) is 38.9 Å². The van der Waals surface area contributed by atoms with E-state index in [4.69, 9.17) is 4.74 Å². The quantitative estimate of drug-likeness (QED) is 0.805. The van der Waals surface area contributed by atoms with Gasteiger partial charge in [-0.15, -0.1) is 0 Å². The van der Waals surface area contributed by atoms with E-state index in [1.165, 1.54) is 0 Å². The highest BCUT2D eigenvalue weighted by atomic mass is 16.5. The molecule has 84 valence electrons. The van der Waals surface area contributed by atoms with Gasteiger partial charge in [-0.05, 0) is 18.4 Å². The summed E-state index contributed by atoms with van der Waals surface area (Å²) in [5.41, 5.74) is 0.890. The normalized spacial score (nSPS) is 12.9. The lowest BCUT2D eigenvalue weighted by Gasteiger charge is -2.18. The van der Waals surface area contributed by atoms with Gasteiger partial charge in [0.25, 0.3) is 0 Å². The molecule has 0 saturated heterocycles. The Morgan fingerprint density at radius 1 is 1.27 bits per heavy atom. The molecule has 1 aromatic carbocycles. The van der Waals surface area contributed by atoms with Gasteiger partial charge in [-0.1, -0.05) is 39.0 Å². The van der Waals surface area contributed by atoms with Crippen molar-refractivity contribution in [3.05, 3.63) is 29.8 Å². The van der Waals surface area contributed by atoms with Crippen LogP contribution < -0.4 is 4.74 Å². The molecule has 0 amide bonds. The Kier molecular flexibility index (Phi) is 4.63. The number of aliphatic hydroxyl groups excluding tert-OH is 1. The Morgan fingerprint density at radius 3 is 2.53 bits per heavy atom. The number of aliphatic hydroxyl groups is 1. The van der Waals surface area contributed by atoms with E-state index in [-0.39, 0.29) is 5.92 Å². The number of rotatable bonds is 5. The number of hydrogen-bond acceptors (Lipinski definition) is 2. The van der Waals surface area contributed by atoms with Gasteiger partial charge in [-0.3, -0.25) is 0 Å². The molecule has 15 heavy (non-hydrogen) atoms. The number of hydrogen-bond donors (Lipinski definition) is 1. The molecule has 1 unspecified atom stereocenters. The van der Waals surface area contributed by atoms with E-state index < -0.39 is 6.10 Å². The van der Waals surface area contributed by atoms with Gasteiger partial charge in [0.2, 0.25) is 0 Å². The minimum atomic E-state index is -0.446. The first kappa shape index (κ1) is 12.1. The van der Waals surface area contributed by atoms with Crippen LogP contribution in [0.25, 0.3) is 0 Å². The first-order valence-electron chi connectivity index (χ1n) is 5.56. The Labute approximate surface area is 91.9 Å². The molecule has 1 aromatic rings. The summed E-state index contributed by atoms with van der Waals surface area (Å²) in [5, 5.41) is 10.00. The fraction of sp³-hybridized carbons (Fsp3) is 0.538. The summed E-state index contributed by atoms with van der Waals surface area (Å²) >= 11 is 0. The summed E-state index contributed by atoms with van der Waals surface area (Å²) in [6.07, 6.45) is 0.532. The van der Waals surface area contributed by atoms with Gasteiger partial charge in [-0.2, -0.15) is 0 Å². The second-order valence-corrected chi connectivity index (χ2v) is 4.08. The maximum atomic E-state index is 10.00. The first-order chi connectivity index (χ1) is 7.16. The van der Waals surface area contributed by atoms with Gasteiger partial charge in [-0.25, -0.2) is 0 Å². The molecule has 0 aliphatic carbocycles. The molecule has 0 radical (unpaired) electrons. The molecule has 2 heteroatoms. The van der Waals surface area contributed by atoms with Crippen LogP contribution in [0.3, 0.4) is 0 Å². The third kappa shape index (κ3) is 3.24. The van der Waals surface area contributed by atoms with Gasteiger partial charge in [0.15, 0.2) is 0 Å². The Hall–Kier alpha value is -1.02. The zero-order valence-corrected chi connectivity index (χ0v) is 9.73. The number of para-hydroxylation sites is 1. The zero-order chi connectivity index (χ0) is 11.3. The van der Waals surface area contributed by atoms with Gasteiger partial charge >= 0.3 is 0 Å². The summed E-state index contributed by atoms with van der Waals surface area (Å²) in [7, 11) is 0. The largest absolute Gasteiger partial charge is 0.493 e. The third-order valence-corrected chi connectivity index (χ3v) is 2.33. The molecular formula is C13H20O2. The van der Waals surface area contributed by atoms with Gasteiger partial charge in [0.1, 0.15) is 5.75 Å². The molecule has 0 heterocycles. The minimum Gasteiger partial charge on any atom is -0.493 e. The molecular weight excluding hydrogens is 188 g/mol. The maximum absolute atomic E-state index is 10.00. The van der Waals surface area contributed by atoms with Crippen molar-refractivity contribution in [1.82, 2.24) is 0 Å². The SMILES string of the molecule is CCCOc1ccccc1C(O)C(C)C. The molecule has 0 bridgehead atoms. The molecule has 0 aromatic heterocycles. The average Bonchev–Trinajstić information content (AvgIpc) is 2.25. The molecule has 0 fully saturated rings. The zero-order valence-electron chi connectivity index (χ0n) is 9.73. The maximum Gasteiger partial charge on any atom is 0.125 e. The summed E-state index contributed by atoms with van der Waals surface area (Å²) in [6.45, 7) is 6.77. The predicted molar refractivity (Wildman–Crippen MR) is 62.0 cm³/mol. The van der Waals surface area contributed by atoms with Crippen molar-refractivity contribution in [2.75, 3.05) is 6.61 Å². The van der Waals surface area contributed by atoms with E-state index in [1.54, 1.807) is 0 Å². The van der Waals surface area contributed by atoms with Crippen molar-refractivity contribution in [2.45, 2.75) is 33.3 Å². The highest BCUT2D eigenvalue weighted by Crippen LogP contribution is 2.29. The summed E-state index contributed by atoms with van der Waals surface area (Å²) in [5.74, 6) is 1.01. The number of ether oxygens (including phenoxy) is 1. The van der Waals surface area contributed by atoms with E-state index in [0.29, 0.717) is 6.61 Å². The van der Waals surface area contributed by atoms with Crippen molar-refractivity contribution in [3.63, 3.8) is 0 Å². The summed E-state index contributed by atoms with van der Waals surface area (Å²) in [4.78, 5) is 0. The predicted octanol–water partition coefficient (Wildman–Crippen LogP) is 3.16. The minimum absolute atomic E-state index is 0.205.